The number of hydrogen-bond donors (Lipinski definition) is 2. The molecule has 0 aromatic rings. The lowest BCUT2D eigenvalue weighted by Gasteiger charge is -2.07. The number of amides is 1. The van der Waals surface area contributed by atoms with Crippen LogP contribution in [0.3, 0.4) is 0 Å². The Kier molecular flexibility index (Phi) is 4.26. The molecule has 1 amide bonds. The Morgan fingerprint density at radius 2 is 2.38 bits per heavy atom. The Morgan fingerprint density at radius 1 is 1.54 bits per heavy atom. The van der Waals surface area contributed by atoms with Crippen molar-refractivity contribution < 1.29 is 4.79 Å². The van der Waals surface area contributed by atoms with Crippen molar-refractivity contribution in [3.05, 3.63) is 24.3 Å². The summed E-state index contributed by atoms with van der Waals surface area (Å²) in [7, 11) is 0. The van der Waals surface area contributed by atoms with E-state index < -0.39 is 0 Å². The van der Waals surface area contributed by atoms with Crippen molar-refractivity contribution in [2.75, 3.05) is 13.1 Å². The molecule has 1 heterocycles. The molecule has 0 aliphatic carbocycles. The van der Waals surface area contributed by atoms with E-state index in [1.165, 1.54) is 0 Å². The number of carbonyl (C=O) groups excluding carboxylic acids is 1. The molecule has 1 fully saturated rings. The molecule has 3 nitrogen and oxygen atoms in total. The van der Waals surface area contributed by atoms with Crippen LogP contribution in [0.4, 0.5) is 0 Å². The summed E-state index contributed by atoms with van der Waals surface area (Å²) in [5, 5.41) is 6.11. The molecule has 1 aliphatic rings. The summed E-state index contributed by atoms with van der Waals surface area (Å²) < 4.78 is 0. The molecule has 0 aromatic heterocycles. The first-order chi connectivity index (χ1) is 6.33. The van der Waals surface area contributed by atoms with Gasteiger partial charge in [0, 0.05) is 18.7 Å². The van der Waals surface area contributed by atoms with Crippen LogP contribution >= 0.6 is 0 Å². The molecular weight excluding hydrogens is 164 g/mol. The van der Waals surface area contributed by atoms with E-state index in [2.05, 4.69) is 10.6 Å². The van der Waals surface area contributed by atoms with Gasteiger partial charge in [-0.25, -0.2) is 0 Å². The predicted molar refractivity (Wildman–Crippen MR) is 53.4 cm³/mol. The van der Waals surface area contributed by atoms with Gasteiger partial charge >= 0.3 is 0 Å². The van der Waals surface area contributed by atoms with Gasteiger partial charge in [0.2, 0.25) is 5.91 Å². The Hall–Kier alpha value is -1.09. The van der Waals surface area contributed by atoms with E-state index in [9.17, 15) is 4.79 Å². The Labute approximate surface area is 78.9 Å². The van der Waals surface area contributed by atoms with Crippen molar-refractivity contribution in [3.8, 4) is 0 Å². The minimum atomic E-state index is -0.00759. The standard InChI is InChI=1S/C10H16N2O/c1-2-3-4-5-10(13)12-9-6-7-11-8-9/h2-5,9,11H,6-8H2,1H3,(H,12,13)/t9-/m0/s1. The van der Waals surface area contributed by atoms with Crippen LogP contribution in [0.25, 0.3) is 0 Å². The highest BCUT2D eigenvalue weighted by atomic mass is 16.1. The third kappa shape index (κ3) is 3.90. The van der Waals surface area contributed by atoms with E-state index in [1.807, 2.05) is 19.1 Å². The zero-order chi connectivity index (χ0) is 9.52. The summed E-state index contributed by atoms with van der Waals surface area (Å²) >= 11 is 0. The van der Waals surface area contributed by atoms with Gasteiger partial charge in [-0.3, -0.25) is 4.79 Å². The molecule has 0 radical (unpaired) electrons. The number of hydrogen-bond acceptors (Lipinski definition) is 2. The van der Waals surface area contributed by atoms with Crippen LogP contribution in [0.2, 0.25) is 0 Å². The fourth-order valence-corrected chi connectivity index (χ4v) is 1.28. The van der Waals surface area contributed by atoms with Crippen molar-refractivity contribution in [1.29, 1.82) is 0 Å². The van der Waals surface area contributed by atoms with Crippen molar-refractivity contribution in [1.82, 2.24) is 10.6 Å². The van der Waals surface area contributed by atoms with Crippen molar-refractivity contribution in [3.63, 3.8) is 0 Å². The number of allylic oxidation sites excluding steroid dienone is 3. The second-order valence-electron chi connectivity index (χ2n) is 3.08. The van der Waals surface area contributed by atoms with E-state index in [4.69, 9.17) is 0 Å². The van der Waals surface area contributed by atoms with E-state index in [-0.39, 0.29) is 5.91 Å². The first-order valence-corrected chi connectivity index (χ1v) is 4.63. The molecule has 1 atom stereocenters. The highest BCUT2D eigenvalue weighted by molar-refractivity contribution is 5.88. The largest absolute Gasteiger partial charge is 0.348 e. The van der Waals surface area contributed by atoms with Gasteiger partial charge in [-0.15, -0.1) is 0 Å². The Bertz CT molecular complexity index is 215. The topological polar surface area (TPSA) is 41.1 Å². The lowest BCUT2D eigenvalue weighted by molar-refractivity contribution is -0.117. The molecule has 0 spiro atoms. The number of nitrogens with one attached hydrogen (secondary N) is 2. The van der Waals surface area contributed by atoms with Gasteiger partial charge in [0.15, 0.2) is 0 Å². The molecule has 0 saturated carbocycles. The predicted octanol–water partition coefficient (Wildman–Crippen LogP) is 0.597. The molecule has 72 valence electrons. The van der Waals surface area contributed by atoms with Crippen LogP contribution in [0.15, 0.2) is 24.3 Å². The van der Waals surface area contributed by atoms with E-state index >= 15 is 0 Å². The summed E-state index contributed by atoms with van der Waals surface area (Å²) in [4.78, 5) is 11.2. The smallest absolute Gasteiger partial charge is 0.244 e. The zero-order valence-corrected chi connectivity index (χ0v) is 7.92. The lowest BCUT2D eigenvalue weighted by atomic mass is 10.2. The Balaban J connectivity index is 2.23. The molecular formula is C10H16N2O. The van der Waals surface area contributed by atoms with Crippen LogP contribution in [0, 0.1) is 0 Å². The normalized spacial score (nSPS) is 23.0. The van der Waals surface area contributed by atoms with Gasteiger partial charge < -0.3 is 10.6 Å². The summed E-state index contributed by atoms with van der Waals surface area (Å²) in [6.45, 7) is 3.82. The maximum absolute atomic E-state index is 11.2. The van der Waals surface area contributed by atoms with E-state index in [0.717, 1.165) is 19.5 Å². The van der Waals surface area contributed by atoms with E-state index in [0.29, 0.717) is 6.04 Å². The highest BCUT2D eigenvalue weighted by Crippen LogP contribution is 1.96. The SMILES string of the molecule is CC=CC=CC(=O)N[C@H]1CCNC1. The maximum Gasteiger partial charge on any atom is 0.244 e. The van der Waals surface area contributed by atoms with Crippen LogP contribution in [-0.4, -0.2) is 25.0 Å². The summed E-state index contributed by atoms with van der Waals surface area (Å²) in [5.41, 5.74) is 0. The highest BCUT2D eigenvalue weighted by Gasteiger charge is 2.14. The van der Waals surface area contributed by atoms with Gasteiger partial charge in [-0.2, -0.15) is 0 Å². The average Bonchev–Trinajstić information content (AvgIpc) is 2.57. The summed E-state index contributed by atoms with van der Waals surface area (Å²) in [6, 6.07) is 0.308. The van der Waals surface area contributed by atoms with Crippen molar-refractivity contribution in [2.24, 2.45) is 0 Å². The van der Waals surface area contributed by atoms with E-state index in [1.54, 1.807) is 12.2 Å². The van der Waals surface area contributed by atoms with Gasteiger partial charge in [-0.05, 0) is 19.9 Å². The fourth-order valence-electron chi connectivity index (χ4n) is 1.28. The van der Waals surface area contributed by atoms with Crippen LogP contribution < -0.4 is 10.6 Å². The minimum absolute atomic E-state index is 0.00759. The number of rotatable bonds is 3. The second-order valence-corrected chi connectivity index (χ2v) is 3.08. The third-order valence-corrected chi connectivity index (χ3v) is 1.96. The zero-order valence-electron chi connectivity index (χ0n) is 7.92. The first kappa shape index (κ1) is 9.99. The third-order valence-electron chi connectivity index (χ3n) is 1.96. The van der Waals surface area contributed by atoms with Crippen LogP contribution in [0.5, 0.6) is 0 Å². The van der Waals surface area contributed by atoms with Gasteiger partial charge in [0.25, 0.3) is 0 Å². The van der Waals surface area contributed by atoms with Crippen LogP contribution in [-0.2, 0) is 4.79 Å². The summed E-state index contributed by atoms with van der Waals surface area (Å²) in [5.74, 6) is -0.00759. The molecule has 3 heteroatoms. The van der Waals surface area contributed by atoms with Crippen LogP contribution in [0.1, 0.15) is 13.3 Å². The molecule has 0 unspecified atom stereocenters. The molecule has 1 aliphatic heterocycles. The molecule has 0 aromatic carbocycles. The molecule has 1 saturated heterocycles. The average molecular weight is 180 g/mol. The summed E-state index contributed by atoms with van der Waals surface area (Å²) in [6.07, 6.45) is 8.06. The minimum Gasteiger partial charge on any atom is -0.348 e. The Morgan fingerprint density at radius 3 is 3.00 bits per heavy atom. The van der Waals surface area contributed by atoms with Gasteiger partial charge in [0.05, 0.1) is 0 Å². The molecule has 13 heavy (non-hydrogen) atoms. The van der Waals surface area contributed by atoms with Crippen molar-refractivity contribution in [2.45, 2.75) is 19.4 Å². The quantitative estimate of drug-likeness (QED) is 0.493. The van der Waals surface area contributed by atoms with Gasteiger partial charge in [-0.1, -0.05) is 18.2 Å². The molecule has 0 bridgehead atoms. The van der Waals surface area contributed by atoms with Crippen molar-refractivity contribution >= 4 is 5.91 Å². The monoisotopic (exact) mass is 180 g/mol. The lowest BCUT2D eigenvalue weighted by Crippen LogP contribution is -2.34. The molecule has 2 N–H and O–H groups in total. The molecule has 1 rings (SSSR count). The maximum atomic E-state index is 11.2. The second kappa shape index (κ2) is 5.54. The number of carbonyl (C=O) groups is 1. The first-order valence-electron chi connectivity index (χ1n) is 4.63. The fraction of sp³-hybridized carbons (Fsp3) is 0.500. The van der Waals surface area contributed by atoms with Gasteiger partial charge in [0.1, 0.15) is 0 Å².